The molecule has 0 spiro atoms. The maximum Gasteiger partial charge on any atom is 0.161 e. The summed E-state index contributed by atoms with van der Waals surface area (Å²) in [5.41, 5.74) is 9.47. The molecule has 0 aliphatic carbocycles. The molecule has 0 amide bonds. The van der Waals surface area contributed by atoms with Gasteiger partial charge in [0.25, 0.3) is 0 Å². The van der Waals surface area contributed by atoms with Crippen molar-refractivity contribution in [2.24, 2.45) is 0 Å². The molecule has 0 unspecified atom stereocenters. The van der Waals surface area contributed by atoms with Gasteiger partial charge >= 0.3 is 0 Å². The number of rotatable bonds is 6. The maximum atomic E-state index is 6.59. The lowest BCUT2D eigenvalue weighted by Gasteiger charge is -2.27. The standard InChI is InChI=1S/C24H25N5/c1-3-29(21-15-9-13-19-12-7-8-14-20(19)21)24-22(25)23(26-17-27-24)28(2)16-18-10-5-4-6-11-18/h4-15,17H,3,16,25H2,1-2H3. The number of benzene rings is 3. The summed E-state index contributed by atoms with van der Waals surface area (Å²) in [6.07, 6.45) is 1.59. The summed E-state index contributed by atoms with van der Waals surface area (Å²) in [6.45, 7) is 3.58. The summed E-state index contributed by atoms with van der Waals surface area (Å²) in [6, 6.07) is 25.0. The van der Waals surface area contributed by atoms with Crippen LogP contribution in [0, 0.1) is 0 Å². The highest BCUT2D eigenvalue weighted by molar-refractivity contribution is 5.97. The molecule has 5 heteroatoms. The molecule has 0 atom stereocenters. The largest absolute Gasteiger partial charge is 0.393 e. The fourth-order valence-corrected chi connectivity index (χ4v) is 3.71. The van der Waals surface area contributed by atoms with Crippen molar-refractivity contribution >= 4 is 33.8 Å². The summed E-state index contributed by atoms with van der Waals surface area (Å²) >= 11 is 0. The smallest absolute Gasteiger partial charge is 0.161 e. The quantitative estimate of drug-likeness (QED) is 0.507. The Balaban J connectivity index is 1.73. The number of aromatic nitrogens is 2. The van der Waals surface area contributed by atoms with Crippen LogP contribution in [-0.2, 0) is 6.54 Å². The highest BCUT2D eigenvalue weighted by Gasteiger charge is 2.19. The zero-order valence-electron chi connectivity index (χ0n) is 16.8. The summed E-state index contributed by atoms with van der Waals surface area (Å²) in [5, 5.41) is 2.37. The van der Waals surface area contributed by atoms with E-state index in [-0.39, 0.29) is 0 Å². The minimum atomic E-state index is 0.584. The van der Waals surface area contributed by atoms with Crippen molar-refractivity contribution in [3.63, 3.8) is 0 Å². The van der Waals surface area contributed by atoms with Crippen molar-refractivity contribution in [1.29, 1.82) is 0 Å². The van der Waals surface area contributed by atoms with Gasteiger partial charge in [-0.15, -0.1) is 0 Å². The second kappa shape index (κ2) is 8.19. The summed E-state index contributed by atoms with van der Waals surface area (Å²) in [4.78, 5) is 13.2. The molecule has 3 aromatic carbocycles. The monoisotopic (exact) mass is 383 g/mol. The molecule has 1 heterocycles. The number of hydrogen-bond acceptors (Lipinski definition) is 5. The van der Waals surface area contributed by atoms with Gasteiger partial charge in [0, 0.05) is 25.5 Å². The fourth-order valence-electron chi connectivity index (χ4n) is 3.71. The van der Waals surface area contributed by atoms with Gasteiger partial charge in [0.2, 0.25) is 0 Å². The zero-order chi connectivity index (χ0) is 20.2. The highest BCUT2D eigenvalue weighted by atomic mass is 15.2. The Labute approximate surface area is 171 Å². The Kier molecular flexibility index (Phi) is 5.29. The van der Waals surface area contributed by atoms with Gasteiger partial charge in [0.05, 0.1) is 5.69 Å². The van der Waals surface area contributed by atoms with E-state index in [0.717, 1.165) is 30.4 Å². The van der Waals surface area contributed by atoms with Gasteiger partial charge in [-0.25, -0.2) is 9.97 Å². The molecule has 0 bridgehead atoms. The van der Waals surface area contributed by atoms with Gasteiger partial charge < -0.3 is 15.5 Å². The number of nitrogen functional groups attached to an aromatic ring is 1. The molecule has 0 aliphatic rings. The van der Waals surface area contributed by atoms with Crippen molar-refractivity contribution in [3.05, 3.63) is 84.7 Å². The van der Waals surface area contributed by atoms with E-state index in [1.807, 2.05) is 25.2 Å². The summed E-state index contributed by atoms with van der Waals surface area (Å²) in [5.74, 6) is 1.46. The SMILES string of the molecule is CCN(c1ncnc(N(C)Cc2ccccc2)c1N)c1cccc2ccccc12. The average Bonchev–Trinajstić information content (AvgIpc) is 2.76. The molecule has 146 valence electrons. The van der Waals surface area contributed by atoms with Crippen LogP contribution in [0.4, 0.5) is 23.0 Å². The van der Waals surface area contributed by atoms with Crippen LogP contribution in [0.3, 0.4) is 0 Å². The van der Waals surface area contributed by atoms with E-state index in [4.69, 9.17) is 5.73 Å². The maximum absolute atomic E-state index is 6.59. The molecule has 4 aromatic rings. The molecule has 5 nitrogen and oxygen atoms in total. The second-order valence-electron chi connectivity index (χ2n) is 7.02. The molecule has 0 saturated heterocycles. The van der Waals surface area contributed by atoms with Crippen LogP contribution in [0.1, 0.15) is 12.5 Å². The Bertz CT molecular complexity index is 1110. The minimum Gasteiger partial charge on any atom is -0.393 e. The van der Waals surface area contributed by atoms with Crippen LogP contribution >= 0.6 is 0 Å². The van der Waals surface area contributed by atoms with Crippen molar-refractivity contribution < 1.29 is 0 Å². The topological polar surface area (TPSA) is 58.3 Å². The van der Waals surface area contributed by atoms with Crippen LogP contribution < -0.4 is 15.5 Å². The van der Waals surface area contributed by atoms with Gasteiger partial charge in [-0.05, 0) is 23.9 Å². The number of fused-ring (bicyclic) bond motifs is 1. The van der Waals surface area contributed by atoms with Gasteiger partial charge in [-0.1, -0.05) is 66.7 Å². The lowest BCUT2D eigenvalue weighted by molar-refractivity contribution is 0.887. The zero-order valence-corrected chi connectivity index (χ0v) is 16.8. The molecule has 2 N–H and O–H groups in total. The highest BCUT2D eigenvalue weighted by Crippen LogP contribution is 2.36. The Morgan fingerprint density at radius 2 is 1.52 bits per heavy atom. The second-order valence-corrected chi connectivity index (χ2v) is 7.02. The third-order valence-corrected chi connectivity index (χ3v) is 5.10. The molecule has 1 aromatic heterocycles. The van der Waals surface area contributed by atoms with Crippen LogP contribution in [0.5, 0.6) is 0 Å². The number of anilines is 4. The number of hydrogen-bond donors (Lipinski definition) is 1. The first kappa shape index (κ1) is 18.7. The van der Waals surface area contributed by atoms with E-state index in [1.54, 1.807) is 6.33 Å². The normalized spacial score (nSPS) is 10.8. The minimum absolute atomic E-state index is 0.584. The van der Waals surface area contributed by atoms with E-state index in [9.17, 15) is 0 Å². The molecule has 0 radical (unpaired) electrons. The van der Waals surface area contributed by atoms with Crippen molar-refractivity contribution in [2.45, 2.75) is 13.5 Å². The number of nitrogens with zero attached hydrogens (tertiary/aromatic N) is 4. The van der Waals surface area contributed by atoms with Gasteiger partial charge in [-0.3, -0.25) is 0 Å². The third-order valence-electron chi connectivity index (χ3n) is 5.10. The van der Waals surface area contributed by atoms with Gasteiger partial charge in [0.15, 0.2) is 11.6 Å². The first-order chi connectivity index (χ1) is 14.2. The third kappa shape index (κ3) is 3.72. The van der Waals surface area contributed by atoms with Crippen LogP contribution in [-0.4, -0.2) is 23.6 Å². The number of nitrogens with two attached hydrogens (primary N) is 1. The van der Waals surface area contributed by atoms with Crippen LogP contribution in [0.25, 0.3) is 10.8 Å². The van der Waals surface area contributed by atoms with Crippen molar-refractivity contribution in [3.8, 4) is 0 Å². The van der Waals surface area contributed by atoms with Crippen molar-refractivity contribution in [1.82, 2.24) is 9.97 Å². The molecule has 29 heavy (non-hydrogen) atoms. The summed E-state index contributed by atoms with van der Waals surface area (Å²) in [7, 11) is 2.00. The van der Waals surface area contributed by atoms with Gasteiger partial charge in [-0.2, -0.15) is 0 Å². The van der Waals surface area contributed by atoms with E-state index in [1.165, 1.54) is 16.3 Å². The lowest BCUT2D eigenvalue weighted by Crippen LogP contribution is -2.23. The fraction of sp³-hybridized carbons (Fsp3) is 0.167. The molecule has 0 saturated carbocycles. The first-order valence-electron chi connectivity index (χ1n) is 9.80. The van der Waals surface area contributed by atoms with E-state index in [0.29, 0.717) is 5.69 Å². The van der Waals surface area contributed by atoms with E-state index >= 15 is 0 Å². The Morgan fingerprint density at radius 3 is 2.31 bits per heavy atom. The summed E-state index contributed by atoms with van der Waals surface area (Å²) < 4.78 is 0. The van der Waals surface area contributed by atoms with E-state index in [2.05, 4.69) is 81.3 Å². The molecular weight excluding hydrogens is 358 g/mol. The predicted octanol–water partition coefficient (Wildman–Crippen LogP) is 5.01. The average molecular weight is 383 g/mol. The molecule has 0 aliphatic heterocycles. The first-order valence-corrected chi connectivity index (χ1v) is 9.80. The van der Waals surface area contributed by atoms with Crippen LogP contribution in [0.15, 0.2) is 79.1 Å². The Hall–Kier alpha value is -3.60. The van der Waals surface area contributed by atoms with Crippen LogP contribution in [0.2, 0.25) is 0 Å². The van der Waals surface area contributed by atoms with Gasteiger partial charge in [0.1, 0.15) is 12.0 Å². The predicted molar refractivity (Wildman–Crippen MR) is 122 cm³/mol. The lowest BCUT2D eigenvalue weighted by atomic mass is 10.1. The van der Waals surface area contributed by atoms with Crippen molar-refractivity contribution in [2.75, 3.05) is 29.1 Å². The molecule has 0 fully saturated rings. The molecular formula is C24H25N5. The molecule has 4 rings (SSSR count). The Morgan fingerprint density at radius 1 is 0.828 bits per heavy atom. The van der Waals surface area contributed by atoms with E-state index < -0.39 is 0 Å².